The summed E-state index contributed by atoms with van der Waals surface area (Å²) in [6, 6.07) is 14.0. The van der Waals surface area contributed by atoms with E-state index in [2.05, 4.69) is 9.97 Å². The number of likely N-dealkylation sites (tertiary alicyclic amines) is 1. The molecule has 5 nitrogen and oxygen atoms in total. The van der Waals surface area contributed by atoms with Crippen LogP contribution in [0.3, 0.4) is 0 Å². The molecular weight excluding hydrogens is 367 g/mol. The van der Waals surface area contributed by atoms with Gasteiger partial charge < -0.3 is 9.88 Å². The highest BCUT2D eigenvalue weighted by molar-refractivity contribution is 5.96. The van der Waals surface area contributed by atoms with Crippen molar-refractivity contribution in [2.24, 2.45) is 0 Å². The number of imidazole rings is 1. The number of nitriles is 1. The second kappa shape index (κ2) is 6.85. The summed E-state index contributed by atoms with van der Waals surface area (Å²) in [5.74, 6) is 0.628. The molecule has 1 aliphatic rings. The van der Waals surface area contributed by atoms with Crippen molar-refractivity contribution in [1.29, 1.82) is 5.26 Å². The van der Waals surface area contributed by atoms with Gasteiger partial charge in [-0.3, -0.25) is 4.79 Å². The number of nitrogens with zero attached hydrogens (tertiary/aromatic N) is 3. The summed E-state index contributed by atoms with van der Waals surface area (Å²) in [5, 5.41) is 8.88. The van der Waals surface area contributed by atoms with E-state index in [1.54, 1.807) is 30.3 Å². The van der Waals surface area contributed by atoms with Gasteiger partial charge in [0.2, 0.25) is 0 Å². The molecule has 0 aliphatic carbocycles. The van der Waals surface area contributed by atoms with E-state index < -0.39 is 5.67 Å². The van der Waals surface area contributed by atoms with E-state index in [1.165, 1.54) is 4.90 Å². The molecule has 6 heteroatoms. The zero-order valence-electron chi connectivity index (χ0n) is 16.6. The van der Waals surface area contributed by atoms with Gasteiger partial charge in [0.25, 0.3) is 5.91 Å². The van der Waals surface area contributed by atoms with E-state index in [4.69, 9.17) is 5.26 Å². The second-order valence-electron chi connectivity index (χ2n) is 7.63. The quantitative estimate of drug-likeness (QED) is 0.731. The predicted molar refractivity (Wildman–Crippen MR) is 108 cm³/mol. The van der Waals surface area contributed by atoms with E-state index in [0.29, 0.717) is 16.7 Å². The zero-order chi connectivity index (χ0) is 20.8. The fourth-order valence-corrected chi connectivity index (χ4v) is 3.80. The van der Waals surface area contributed by atoms with Crippen molar-refractivity contribution in [3.05, 3.63) is 76.2 Å². The summed E-state index contributed by atoms with van der Waals surface area (Å²) in [6.45, 7) is 5.81. The number of carbonyl (C=O) groups is 1. The van der Waals surface area contributed by atoms with Gasteiger partial charge in [-0.15, -0.1) is 0 Å². The number of aromatic amines is 1. The molecule has 1 aliphatic heterocycles. The maximum atomic E-state index is 15.2. The molecule has 146 valence electrons. The minimum Gasteiger partial charge on any atom is -0.342 e. The summed E-state index contributed by atoms with van der Waals surface area (Å²) in [7, 11) is 0. The van der Waals surface area contributed by atoms with Crippen LogP contribution in [-0.4, -0.2) is 33.9 Å². The lowest BCUT2D eigenvalue weighted by Crippen LogP contribution is -2.58. The standard InChI is InChI=1S/C23H21FN4O/c1-14-4-7-18(10-20(14)21-15(2)26-16(3)27-21)22(29)28-12-23(24,13-28)19-8-5-17(11-25)6-9-19/h4-10H,12-13H2,1-3H3,(H,26,27). The van der Waals surface area contributed by atoms with Crippen LogP contribution in [-0.2, 0) is 5.67 Å². The first-order valence-electron chi connectivity index (χ1n) is 9.44. The van der Waals surface area contributed by atoms with Gasteiger partial charge in [0.15, 0.2) is 5.67 Å². The van der Waals surface area contributed by atoms with Crippen LogP contribution in [0.1, 0.15) is 38.6 Å². The summed E-state index contributed by atoms with van der Waals surface area (Å²) < 4.78 is 15.2. The Morgan fingerprint density at radius 2 is 1.86 bits per heavy atom. The Morgan fingerprint density at radius 3 is 2.45 bits per heavy atom. The summed E-state index contributed by atoms with van der Waals surface area (Å²) in [5.41, 5.74) is 3.67. The molecule has 4 rings (SSSR count). The third-order valence-electron chi connectivity index (χ3n) is 5.46. The molecule has 1 saturated heterocycles. The number of carbonyl (C=O) groups excluding carboxylic acids is 1. The van der Waals surface area contributed by atoms with E-state index in [9.17, 15) is 4.79 Å². The van der Waals surface area contributed by atoms with E-state index in [0.717, 1.165) is 28.3 Å². The summed E-state index contributed by atoms with van der Waals surface area (Å²) in [6.07, 6.45) is 0. The average Bonchev–Trinajstić information content (AvgIpc) is 3.03. The molecule has 1 aromatic heterocycles. The lowest BCUT2D eigenvalue weighted by Gasteiger charge is -2.44. The fraction of sp³-hybridized carbons (Fsp3) is 0.261. The predicted octanol–water partition coefficient (Wildman–Crippen LogP) is 4.19. The van der Waals surface area contributed by atoms with Crippen molar-refractivity contribution in [2.75, 3.05) is 13.1 Å². The fourth-order valence-electron chi connectivity index (χ4n) is 3.80. The molecular formula is C23H21FN4O. The Labute approximate surface area is 168 Å². The van der Waals surface area contributed by atoms with Crippen LogP contribution in [0.2, 0.25) is 0 Å². The number of hydrogen-bond donors (Lipinski definition) is 1. The first-order valence-corrected chi connectivity index (χ1v) is 9.44. The molecule has 29 heavy (non-hydrogen) atoms. The van der Waals surface area contributed by atoms with Gasteiger partial charge >= 0.3 is 0 Å². The monoisotopic (exact) mass is 388 g/mol. The molecule has 3 aromatic rings. The molecule has 0 spiro atoms. The minimum absolute atomic E-state index is 0.00311. The van der Waals surface area contributed by atoms with Crippen LogP contribution in [0.25, 0.3) is 11.3 Å². The molecule has 2 aromatic carbocycles. The van der Waals surface area contributed by atoms with E-state index >= 15 is 4.39 Å². The average molecular weight is 388 g/mol. The highest BCUT2D eigenvalue weighted by atomic mass is 19.1. The number of benzene rings is 2. The third-order valence-corrected chi connectivity index (χ3v) is 5.46. The Bertz CT molecular complexity index is 1130. The third kappa shape index (κ3) is 3.29. The van der Waals surface area contributed by atoms with Crippen molar-refractivity contribution in [2.45, 2.75) is 26.4 Å². The van der Waals surface area contributed by atoms with Gasteiger partial charge in [0.1, 0.15) is 5.82 Å². The van der Waals surface area contributed by atoms with E-state index in [1.807, 2.05) is 39.0 Å². The molecule has 1 fully saturated rings. The van der Waals surface area contributed by atoms with Crippen LogP contribution in [0.15, 0.2) is 42.5 Å². The van der Waals surface area contributed by atoms with Crippen LogP contribution in [0.4, 0.5) is 4.39 Å². The SMILES string of the molecule is Cc1nc(C)c(-c2cc(C(=O)N3CC(F)(c4ccc(C#N)cc4)C3)ccc2C)[nH]1. The first kappa shape index (κ1) is 18.9. The zero-order valence-corrected chi connectivity index (χ0v) is 16.6. The first-order chi connectivity index (χ1) is 13.8. The Balaban J connectivity index is 1.55. The number of halogens is 1. The number of nitrogens with one attached hydrogen (secondary N) is 1. The Kier molecular flexibility index (Phi) is 4.46. The molecule has 0 unspecified atom stereocenters. The van der Waals surface area contributed by atoms with Crippen LogP contribution >= 0.6 is 0 Å². The van der Waals surface area contributed by atoms with Crippen molar-refractivity contribution in [1.82, 2.24) is 14.9 Å². The molecule has 1 N–H and O–H groups in total. The van der Waals surface area contributed by atoms with Crippen LogP contribution < -0.4 is 0 Å². The Morgan fingerprint density at radius 1 is 1.17 bits per heavy atom. The number of hydrogen-bond acceptors (Lipinski definition) is 3. The maximum absolute atomic E-state index is 15.2. The van der Waals surface area contributed by atoms with Crippen molar-refractivity contribution in [3.8, 4) is 17.3 Å². The topological polar surface area (TPSA) is 72.8 Å². The molecule has 1 amide bonds. The summed E-state index contributed by atoms with van der Waals surface area (Å²) >= 11 is 0. The molecule has 0 radical (unpaired) electrons. The second-order valence-corrected chi connectivity index (χ2v) is 7.63. The lowest BCUT2D eigenvalue weighted by atomic mass is 9.87. The van der Waals surface area contributed by atoms with Gasteiger partial charge in [-0.25, -0.2) is 9.37 Å². The van der Waals surface area contributed by atoms with Crippen LogP contribution in [0, 0.1) is 32.1 Å². The highest BCUT2D eigenvalue weighted by Crippen LogP contribution is 2.37. The smallest absolute Gasteiger partial charge is 0.254 e. The number of amides is 1. The molecule has 0 saturated carbocycles. The normalized spacial score (nSPS) is 14.9. The molecule has 2 heterocycles. The van der Waals surface area contributed by atoms with Crippen molar-refractivity contribution >= 4 is 5.91 Å². The Hall–Kier alpha value is -3.46. The summed E-state index contributed by atoms with van der Waals surface area (Å²) in [4.78, 5) is 22.1. The van der Waals surface area contributed by atoms with Gasteiger partial charge in [-0.05, 0) is 56.2 Å². The minimum atomic E-state index is -1.58. The van der Waals surface area contributed by atoms with Gasteiger partial charge in [0.05, 0.1) is 36.1 Å². The highest BCUT2D eigenvalue weighted by Gasteiger charge is 2.47. The van der Waals surface area contributed by atoms with Crippen LogP contribution in [0.5, 0.6) is 0 Å². The number of rotatable bonds is 3. The number of alkyl halides is 1. The van der Waals surface area contributed by atoms with E-state index in [-0.39, 0.29) is 19.0 Å². The molecule has 0 atom stereocenters. The largest absolute Gasteiger partial charge is 0.342 e. The van der Waals surface area contributed by atoms with Gasteiger partial charge in [-0.1, -0.05) is 18.2 Å². The van der Waals surface area contributed by atoms with Gasteiger partial charge in [-0.2, -0.15) is 5.26 Å². The lowest BCUT2D eigenvalue weighted by molar-refractivity contribution is -0.0231. The number of aromatic nitrogens is 2. The molecule has 0 bridgehead atoms. The number of aryl methyl sites for hydroxylation is 3. The van der Waals surface area contributed by atoms with Crippen molar-refractivity contribution in [3.63, 3.8) is 0 Å². The maximum Gasteiger partial charge on any atom is 0.254 e. The van der Waals surface area contributed by atoms with Crippen molar-refractivity contribution < 1.29 is 9.18 Å². The number of H-pyrrole nitrogens is 1. The van der Waals surface area contributed by atoms with Gasteiger partial charge in [0, 0.05) is 11.1 Å².